The summed E-state index contributed by atoms with van der Waals surface area (Å²) >= 11 is 0. The molecule has 0 saturated heterocycles. The molecule has 15 heavy (non-hydrogen) atoms. The Morgan fingerprint density at radius 1 is 1.40 bits per heavy atom. The number of carboxylic acid groups (broad SMARTS) is 1. The summed E-state index contributed by atoms with van der Waals surface area (Å²) in [5.41, 5.74) is 0. The molecule has 0 saturated carbocycles. The van der Waals surface area contributed by atoms with E-state index in [2.05, 4.69) is 0 Å². The van der Waals surface area contributed by atoms with Gasteiger partial charge in [0.25, 0.3) is 0 Å². The molecule has 0 rings (SSSR count). The second-order valence-electron chi connectivity index (χ2n) is 3.53. The van der Waals surface area contributed by atoms with Crippen LogP contribution in [0.3, 0.4) is 0 Å². The zero-order chi connectivity index (χ0) is 12.0. The van der Waals surface area contributed by atoms with Gasteiger partial charge in [-0.25, -0.2) is 0 Å². The van der Waals surface area contributed by atoms with Crippen molar-refractivity contribution in [3.8, 4) is 0 Å². The highest BCUT2D eigenvalue weighted by Crippen LogP contribution is 2.04. The van der Waals surface area contributed by atoms with Crippen molar-refractivity contribution in [1.82, 2.24) is 4.90 Å². The summed E-state index contributed by atoms with van der Waals surface area (Å²) in [4.78, 5) is 22.9. The molecule has 6 heteroatoms. The van der Waals surface area contributed by atoms with E-state index in [0.29, 0.717) is 0 Å². The lowest BCUT2D eigenvalue weighted by Gasteiger charge is -2.11. The highest BCUT2D eigenvalue weighted by molar-refractivity contribution is 7.85. The van der Waals surface area contributed by atoms with Gasteiger partial charge in [0.05, 0.1) is 6.42 Å². The maximum Gasteiger partial charge on any atom is 0.304 e. The molecule has 0 fully saturated rings. The number of carbonyl (C=O) groups excluding carboxylic acids is 1. The van der Waals surface area contributed by atoms with Gasteiger partial charge in [-0.2, -0.15) is 0 Å². The van der Waals surface area contributed by atoms with Gasteiger partial charge in [0.1, 0.15) is 0 Å². The molecule has 2 atom stereocenters. The molecule has 0 aliphatic carbocycles. The third-order valence-electron chi connectivity index (χ3n) is 1.93. The topological polar surface area (TPSA) is 74.7 Å². The minimum atomic E-state index is -1.25. The molecule has 88 valence electrons. The van der Waals surface area contributed by atoms with E-state index in [9.17, 15) is 13.8 Å². The molecule has 0 aromatic carbocycles. The maximum absolute atomic E-state index is 11.5. The first kappa shape index (κ1) is 14.1. The number of hydrogen-bond acceptors (Lipinski definition) is 3. The van der Waals surface area contributed by atoms with Crippen LogP contribution in [0.25, 0.3) is 0 Å². The van der Waals surface area contributed by atoms with Crippen LogP contribution < -0.4 is 0 Å². The van der Waals surface area contributed by atoms with E-state index < -0.39 is 22.0 Å². The van der Waals surface area contributed by atoms with Gasteiger partial charge in [-0.15, -0.1) is 0 Å². The first-order chi connectivity index (χ1) is 6.84. The number of nitrogens with zero attached hydrogens (tertiary/aromatic N) is 1. The monoisotopic (exact) mass is 235 g/mol. The fraction of sp³-hybridized carbons (Fsp3) is 0.778. The number of aliphatic carboxylic acids is 1. The van der Waals surface area contributed by atoms with Crippen LogP contribution in [-0.4, -0.2) is 51.2 Å². The van der Waals surface area contributed by atoms with Crippen LogP contribution in [0.15, 0.2) is 0 Å². The quantitative estimate of drug-likeness (QED) is 0.707. The first-order valence-corrected chi connectivity index (χ1v) is 6.02. The lowest BCUT2D eigenvalue weighted by atomic mass is 10.3. The number of carbonyl (C=O) groups is 2. The van der Waals surface area contributed by atoms with Crippen molar-refractivity contribution in [2.24, 2.45) is 0 Å². The Kier molecular flexibility index (Phi) is 6.15. The Hall–Kier alpha value is -0.910. The van der Waals surface area contributed by atoms with Gasteiger partial charge in [-0.05, 0) is 0 Å². The maximum atomic E-state index is 11.5. The van der Waals surface area contributed by atoms with Crippen LogP contribution in [0.5, 0.6) is 0 Å². The molecule has 1 N–H and O–H groups in total. The molecular formula is C9H17NO4S. The van der Waals surface area contributed by atoms with Gasteiger partial charge < -0.3 is 10.0 Å². The average Bonchev–Trinajstić information content (AvgIpc) is 2.12. The Morgan fingerprint density at radius 2 is 1.93 bits per heavy atom. The molecular weight excluding hydrogens is 218 g/mol. The van der Waals surface area contributed by atoms with Crippen molar-refractivity contribution in [3.63, 3.8) is 0 Å². The standard InChI is InChI=1S/C9H17NO4S/c1-7(6-9(12)13)15(14)5-4-8(11)10(2)3/h7H,4-6H2,1-3H3,(H,12,13). The van der Waals surface area contributed by atoms with E-state index in [1.165, 1.54) is 4.90 Å². The lowest BCUT2D eigenvalue weighted by molar-refractivity contribution is -0.136. The summed E-state index contributed by atoms with van der Waals surface area (Å²) in [6, 6.07) is 0. The predicted molar refractivity (Wildman–Crippen MR) is 58.0 cm³/mol. The lowest BCUT2D eigenvalue weighted by Crippen LogP contribution is -2.25. The van der Waals surface area contributed by atoms with Crippen LogP contribution >= 0.6 is 0 Å². The third kappa shape index (κ3) is 6.22. The van der Waals surface area contributed by atoms with Gasteiger partial charge in [-0.1, -0.05) is 6.92 Å². The Morgan fingerprint density at radius 3 is 2.33 bits per heavy atom. The largest absolute Gasteiger partial charge is 0.481 e. The van der Waals surface area contributed by atoms with Crippen LogP contribution in [-0.2, 0) is 20.4 Å². The minimum Gasteiger partial charge on any atom is -0.481 e. The molecule has 1 amide bonds. The second kappa shape index (κ2) is 6.55. The summed E-state index contributed by atoms with van der Waals surface area (Å²) in [6.07, 6.45) is 0.0757. The van der Waals surface area contributed by atoms with Gasteiger partial charge in [0, 0.05) is 42.3 Å². The van der Waals surface area contributed by atoms with Crippen molar-refractivity contribution in [1.29, 1.82) is 0 Å². The molecule has 5 nitrogen and oxygen atoms in total. The van der Waals surface area contributed by atoms with Crippen LogP contribution in [0, 0.1) is 0 Å². The van der Waals surface area contributed by atoms with Crippen molar-refractivity contribution < 1.29 is 18.9 Å². The van der Waals surface area contributed by atoms with Crippen molar-refractivity contribution in [2.75, 3.05) is 19.8 Å². The normalized spacial score (nSPS) is 14.3. The van der Waals surface area contributed by atoms with E-state index in [4.69, 9.17) is 5.11 Å². The van der Waals surface area contributed by atoms with Gasteiger partial charge >= 0.3 is 5.97 Å². The molecule has 0 heterocycles. The average molecular weight is 235 g/mol. The van der Waals surface area contributed by atoms with E-state index in [1.807, 2.05) is 0 Å². The van der Waals surface area contributed by atoms with Crippen LogP contribution in [0.2, 0.25) is 0 Å². The summed E-state index contributed by atoms with van der Waals surface area (Å²) in [5, 5.41) is 8.08. The van der Waals surface area contributed by atoms with Crippen molar-refractivity contribution in [3.05, 3.63) is 0 Å². The Bertz CT molecular complexity index is 265. The molecule has 0 radical (unpaired) electrons. The zero-order valence-corrected chi connectivity index (χ0v) is 10.0. The van der Waals surface area contributed by atoms with E-state index in [0.717, 1.165) is 0 Å². The fourth-order valence-corrected chi connectivity index (χ4v) is 2.06. The first-order valence-electron chi connectivity index (χ1n) is 4.63. The zero-order valence-electron chi connectivity index (χ0n) is 9.23. The van der Waals surface area contributed by atoms with E-state index >= 15 is 0 Å². The number of amides is 1. The van der Waals surface area contributed by atoms with Gasteiger partial charge in [0.15, 0.2) is 0 Å². The molecule has 0 aromatic heterocycles. The number of carboxylic acids is 1. The Balaban J connectivity index is 3.93. The van der Waals surface area contributed by atoms with Gasteiger partial charge in [-0.3, -0.25) is 13.8 Å². The molecule has 0 spiro atoms. The molecule has 0 aliphatic heterocycles. The smallest absolute Gasteiger partial charge is 0.304 e. The van der Waals surface area contributed by atoms with Crippen LogP contribution in [0.1, 0.15) is 19.8 Å². The van der Waals surface area contributed by atoms with E-state index in [1.54, 1.807) is 21.0 Å². The summed E-state index contributed by atoms with van der Waals surface area (Å²) in [5.74, 6) is -0.827. The second-order valence-corrected chi connectivity index (χ2v) is 5.51. The summed E-state index contributed by atoms with van der Waals surface area (Å²) < 4.78 is 11.5. The summed E-state index contributed by atoms with van der Waals surface area (Å²) in [6.45, 7) is 1.62. The molecule has 0 aromatic rings. The number of rotatable bonds is 6. The van der Waals surface area contributed by atoms with E-state index in [-0.39, 0.29) is 24.5 Å². The number of hydrogen-bond donors (Lipinski definition) is 1. The van der Waals surface area contributed by atoms with Crippen molar-refractivity contribution >= 4 is 22.7 Å². The summed E-state index contributed by atoms with van der Waals surface area (Å²) in [7, 11) is 2.01. The predicted octanol–water partition coefficient (Wildman–Crippen LogP) is 0.0766. The van der Waals surface area contributed by atoms with Crippen molar-refractivity contribution in [2.45, 2.75) is 25.0 Å². The molecule has 0 aliphatic rings. The molecule has 2 unspecified atom stereocenters. The third-order valence-corrected chi connectivity index (χ3v) is 3.60. The van der Waals surface area contributed by atoms with Crippen LogP contribution in [0.4, 0.5) is 0 Å². The molecule has 0 bridgehead atoms. The van der Waals surface area contributed by atoms with Gasteiger partial charge in [0.2, 0.25) is 5.91 Å². The minimum absolute atomic E-state index is 0.0918. The SMILES string of the molecule is CC(CC(=O)O)S(=O)CCC(=O)N(C)C. The Labute approximate surface area is 91.9 Å². The fourth-order valence-electron chi connectivity index (χ4n) is 0.952. The highest BCUT2D eigenvalue weighted by atomic mass is 32.2. The highest BCUT2D eigenvalue weighted by Gasteiger charge is 2.16.